The maximum atomic E-state index is 12.3. The van der Waals surface area contributed by atoms with Gasteiger partial charge >= 0.3 is 5.97 Å². The van der Waals surface area contributed by atoms with E-state index in [1.54, 1.807) is 38.2 Å². The first kappa shape index (κ1) is 16.1. The summed E-state index contributed by atoms with van der Waals surface area (Å²) in [6, 6.07) is 6.79. The number of carbonyl (C=O) groups is 2. The standard InChI is InChI=1S/C14H18N2O3S/c1-9(14(18)19-3)8-16(2)13(17)11-6-4-5-10(7-11)12(15)20/h4-7,9H,8H2,1-3H3,(H2,15,20). The minimum Gasteiger partial charge on any atom is -0.469 e. The van der Waals surface area contributed by atoms with Crippen molar-refractivity contribution < 1.29 is 14.3 Å². The lowest BCUT2D eigenvalue weighted by Crippen LogP contribution is -2.34. The van der Waals surface area contributed by atoms with Gasteiger partial charge in [-0.2, -0.15) is 0 Å². The van der Waals surface area contributed by atoms with Crippen molar-refractivity contribution in [1.29, 1.82) is 0 Å². The van der Waals surface area contributed by atoms with E-state index in [-0.39, 0.29) is 29.3 Å². The van der Waals surface area contributed by atoms with Gasteiger partial charge in [0, 0.05) is 24.7 Å². The molecule has 0 radical (unpaired) electrons. The number of hydrogen-bond donors (Lipinski definition) is 1. The highest BCUT2D eigenvalue weighted by molar-refractivity contribution is 7.80. The first-order valence-corrected chi connectivity index (χ1v) is 6.50. The van der Waals surface area contributed by atoms with Crippen LogP contribution in [0.25, 0.3) is 0 Å². The molecule has 108 valence electrons. The number of benzene rings is 1. The van der Waals surface area contributed by atoms with Gasteiger partial charge in [0.05, 0.1) is 13.0 Å². The Balaban J connectivity index is 2.81. The minimum absolute atomic E-state index is 0.196. The number of nitrogens with two attached hydrogens (primary N) is 1. The van der Waals surface area contributed by atoms with Crippen LogP contribution in [-0.4, -0.2) is 42.5 Å². The molecule has 0 aliphatic rings. The summed E-state index contributed by atoms with van der Waals surface area (Å²) in [6.45, 7) is 1.99. The molecule has 20 heavy (non-hydrogen) atoms. The molecule has 2 N–H and O–H groups in total. The highest BCUT2D eigenvalue weighted by atomic mass is 32.1. The maximum Gasteiger partial charge on any atom is 0.310 e. The number of esters is 1. The summed E-state index contributed by atoms with van der Waals surface area (Å²) in [5.74, 6) is -0.923. The van der Waals surface area contributed by atoms with E-state index in [0.717, 1.165) is 0 Å². The van der Waals surface area contributed by atoms with E-state index >= 15 is 0 Å². The molecular formula is C14H18N2O3S. The van der Waals surface area contributed by atoms with Crippen LogP contribution < -0.4 is 5.73 Å². The predicted octanol–water partition coefficient (Wildman–Crippen LogP) is 1.20. The van der Waals surface area contributed by atoms with Crippen LogP contribution in [0.1, 0.15) is 22.8 Å². The average molecular weight is 294 g/mol. The highest BCUT2D eigenvalue weighted by Crippen LogP contribution is 2.10. The van der Waals surface area contributed by atoms with Crippen LogP contribution in [0, 0.1) is 5.92 Å². The fraction of sp³-hybridized carbons (Fsp3) is 0.357. The van der Waals surface area contributed by atoms with Gasteiger partial charge in [0.15, 0.2) is 0 Å². The molecule has 0 saturated carbocycles. The summed E-state index contributed by atoms with van der Waals surface area (Å²) in [6.07, 6.45) is 0. The Kier molecular flexibility index (Phi) is 5.64. The molecule has 1 atom stereocenters. The van der Waals surface area contributed by atoms with Crippen molar-refractivity contribution >= 4 is 29.1 Å². The molecule has 0 spiro atoms. The Morgan fingerprint density at radius 2 is 2.00 bits per heavy atom. The number of carbonyl (C=O) groups excluding carboxylic acids is 2. The van der Waals surface area contributed by atoms with Crippen molar-refractivity contribution in [3.63, 3.8) is 0 Å². The van der Waals surface area contributed by atoms with Gasteiger partial charge in [-0.25, -0.2) is 0 Å². The molecule has 6 heteroatoms. The molecule has 5 nitrogen and oxygen atoms in total. The van der Waals surface area contributed by atoms with Gasteiger partial charge in [0.25, 0.3) is 5.91 Å². The molecule has 1 aromatic carbocycles. The molecule has 0 aliphatic carbocycles. The monoisotopic (exact) mass is 294 g/mol. The first-order valence-electron chi connectivity index (χ1n) is 6.10. The van der Waals surface area contributed by atoms with Crippen LogP contribution in [0.15, 0.2) is 24.3 Å². The molecule has 1 rings (SSSR count). The van der Waals surface area contributed by atoms with E-state index in [1.807, 2.05) is 0 Å². The Hall–Kier alpha value is -1.95. The second-order valence-corrected chi connectivity index (χ2v) is 4.99. The molecule has 0 heterocycles. The van der Waals surface area contributed by atoms with E-state index in [4.69, 9.17) is 18.0 Å². The fourth-order valence-corrected chi connectivity index (χ4v) is 1.92. The van der Waals surface area contributed by atoms with E-state index in [2.05, 4.69) is 4.74 Å². The smallest absolute Gasteiger partial charge is 0.310 e. The summed E-state index contributed by atoms with van der Waals surface area (Å²) in [4.78, 5) is 25.3. The number of hydrogen-bond acceptors (Lipinski definition) is 4. The lowest BCUT2D eigenvalue weighted by atomic mass is 10.1. The summed E-state index contributed by atoms with van der Waals surface area (Å²) in [5, 5.41) is 0. The summed E-state index contributed by atoms with van der Waals surface area (Å²) >= 11 is 4.89. The van der Waals surface area contributed by atoms with Crippen molar-refractivity contribution in [3.8, 4) is 0 Å². The van der Waals surface area contributed by atoms with Crippen molar-refractivity contribution in [1.82, 2.24) is 4.90 Å². The van der Waals surface area contributed by atoms with Crippen LogP contribution >= 0.6 is 12.2 Å². The van der Waals surface area contributed by atoms with E-state index in [0.29, 0.717) is 11.1 Å². The van der Waals surface area contributed by atoms with Gasteiger partial charge in [-0.3, -0.25) is 9.59 Å². The quantitative estimate of drug-likeness (QED) is 0.652. The average Bonchev–Trinajstić information content (AvgIpc) is 2.45. The zero-order valence-electron chi connectivity index (χ0n) is 11.8. The SMILES string of the molecule is COC(=O)C(C)CN(C)C(=O)c1cccc(C(N)=S)c1. The molecule has 1 unspecified atom stereocenters. The fourth-order valence-electron chi connectivity index (χ4n) is 1.80. The van der Waals surface area contributed by atoms with Crippen molar-refractivity contribution in [3.05, 3.63) is 35.4 Å². The molecular weight excluding hydrogens is 276 g/mol. The number of thiocarbonyl (C=S) groups is 1. The summed E-state index contributed by atoms with van der Waals surface area (Å²) in [7, 11) is 2.96. The number of ether oxygens (including phenoxy) is 1. The Bertz CT molecular complexity index is 531. The molecule has 0 saturated heterocycles. The van der Waals surface area contributed by atoms with E-state index in [1.165, 1.54) is 12.0 Å². The second kappa shape index (κ2) is 7.00. The second-order valence-electron chi connectivity index (χ2n) is 4.55. The third-order valence-corrected chi connectivity index (χ3v) is 3.13. The largest absolute Gasteiger partial charge is 0.469 e. The van der Waals surface area contributed by atoms with Gasteiger partial charge in [0.2, 0.25) is 0 Å². The molecule has 0 aliphatic heterocycles. The minimum atomic E-state index is -0.382. The summed E-state index contributed by atoms with van der Waals surface area (Å²) < 4.78 is 4.64. The number of amides is 1. The third-order valence-electron chi connectivity index (χ3n) is 2.89. The van der Waals surface area contributed by atoms with Gasteiger partial charge < -0.3 is 15.4 Å². The third kappa shape index (κ3) is 4.03. The maximum absolute atomic E-state index is 12.3. The summed E-state index contributed by atoms with van der Waals surface area (Å²) in [5.41, 5.74) is 6.66. The van der Waals surface area contributed by atoms with Crippen molar-refractivity contribution in [2.75, 3.05) is 20.7 Å². The van der Waals surface area contributed by atoms with Crippen LogP contribution in [0.3, 0.4) is 0 Å². The normalized spacial score (nSPS) is 11.6. The molecule has 0 bridgehead atoms. The Morgan fingerprint density at radius 1 is 1.40 bits per heavy atom. The number of nitrogens with zero attached hydrogens (tertiary/aromatic N) is 1. The first-order chi connectivity index (χ1) is 9.36. The Labute approximate surface area is 123 Å². The van der Waals surface area contributed by atoms with Crippen molar-refractivity contribution in [2.24, 2.45) is 11.7 Å². The molecule has 1 amide bonds. The lowest BCUT2D eigenvalue weighted by molar-refractivity contribution is -0.145. The van der Waals surface area contributed by atoms with Crippen LogP contribution in [0.4, 0.5) is 0 Å². The molecule has 1 aromatic rings. The Morgan fingerprint density at radius 3 is 2.55 bits per heavy atom. The number of methoxy groups -OCH3 is 1. The van der Waals surface area contributed by atoms with Gasteiger partial charge in [0.1, 0.15) is 4.99 Å². The van der Waals surface area contributed by atoms with Crippen LogP contribution in [0.5, 0.6) is 0 Å². The lowest BCUT2D eigenvalue weighted by Gasteiger charge is -2.20. The highest BCUT2D eigenvalue weighted by Gasteiger charge is 2.19. The van der Waals surface area contributed by atoms with Gasteiger partial charge in [-0.15, -0.1) is 0 Å². The molecule has 0 fully saturated rings. The van der Waals surface area contributed by atoms with Crippen LogP contribution in [-0.2, 0) is 9.53 Å². The van der Waals surface area contributed by atoms with E-state index in [9.17, 15) is 9.59 Å². The van der Waals surface area contributed by atoms with Crippen LogP contribution in [0.2, 0.25) is 0 Å². The molecule has 0 aromatic heterocycles. The topological polar surface area (TPSA) is 72.6 Å². The van der Waals surface area contributed by atoms with Crippen molar-refractivity contribution in [2.45, 2.75) is 6.92 Å². The number of rotatable bonds is 5. The predicted molar refractivity (Wildman–Crippen MR) is 80.5 cm³/mol. The zero-order valence-corrected chi connectivity index (χ0v) is 12.6. The van der Waals surface area contributed by atoms with Gasteiger partial charge in [-0.1, -0.05) is 31.3 Å². The van der Waals surface area contributed by atoms with E-state index < -0.39 is 0 Å². The zero-order chi connectivity index (χ0) is 15.3. The van der Waals surface area contributed by atoms with Gasteiger partial charge in [-0.05, 0) is 12.1 Å².